The van der Waals surface area contributed by atoms with Crippen molar-refractivity contribution >= 4 is 23.3 Å². The summed E-state index contributed by atoms with van der Waals surface area (Å²) in [5.41, 5.74) is 2.26. The summed E-state index contributed by atoms with van der Waals surface area (Å²) in [6.07, 6.45) is 0.681. The van der Waals surface area contributed by atoms with E-state index in [4.69, 9.17) is 4.74 Å². The lowest BCUT2D eigenvalue weighted by atomic mass is 10.0. The summed E-state index contributed by atoms with van der Waals surface area (Å²) in [5, 5.41) is 14.1. The molecule has 0 aliphatic heterocycles. The van der Waals surface area contributed by atoms with E-state index in [1.807, 2.05) is 38.1 Å². The van der Waals surface area contributed by atoms with Crippen LogP contribution in [0.15, 0.2) is 42.5 Å². The summed E-state index contributed by atoms with van der Waals surface area (Å²) in [6.45, 7) is 3.46. The van der Waals surface area contributed by atoms with Crippen LogP contribution in [0.2, 0.25) is 0 Å². The van der Waals surface area contributed by atoms with Gasteiger partial charge in [-0.2, -0.15) is 0 Å². The molecule has 0 saturated carbocycles. The Labute approximate surface area is 169 Å². The molecule has 0 spiro atoms. The minimum Gasteiger partial charge on any atom is -0.452 e. The van der Waals surface area contributed by atoms with Crippen molar-refractivity contribution in [3.05, 3.63) is 69.3 Å². The van der Waals surface area contributed by atoms with Crippen molar-refractivity contribution in [1.29, 1.82) is 0 Å². The lowest BCUT2D eigenvalue weighted by molar-refractivity contribution is -0.384. The van der Waals surface area contributed by atoms with Crippen LogP contribution in [0.25, 0.3) is 0 Å². The van der Waals surface area contributed by atoms with Crippen LogP contribution in [0.4, 0.5) is 11.4 Å². The average molecular weight is 399 g/mol. The lowest BCUT2D eigenvalue weighted by Gasteiger charge is -2.18. The normalized spacial score (nSPS) is 11.4. The number of nitrogens with one attached hydrogen (secondary N) is 1. The average Bonchev–Trinajstić information content (AvgIpc) is 2.70. The number of hydrogen-bond acceptors (Lipinski definition) is 6. The zero-order chi connectivity index (χ0) is 21.6. The number of carbonyl (C=O) groups is 2. The summed E-state index contributed by atoms with van der Waals surface area (Å²) >= 11 is 0. The molecule has 8 nitrogen and oxygen atoms in total. The Kier molecular flexibility index (Phi) is 7.30. The molecule has 0 bridgehead atoms. The lowest BCUT2D eigenvalue weighted by Crippen LogP contribution is -2.32. The van der Waals surface area contributed by atoms with E-state index in [9.17, 15) is 19.7 Å². The number of amides is 1. The van der Waals surface area contributed by atoms with E-state index in [0.29, 0.717) is 12.1 Å². The predicted molar refractivity (Wildman–Crippen MR) is 110 cm³/mol. The minimum absolute atomic E-state index is 0.0145. The number of nitro benzene ring substituents is 1. The molecule has 0 saturated heterocycles. The Bertz CT molecular complexity index is 894. The van der Waals surface area contributed by atoms with Gasteiger partial charge >= 0.3 is 5.97 Å². The number of nitrogens with zero attached hydrogens (tertiary/aromatic N) is 2. The highest BCUT2D eigenvalue weighted by molar-refractivity contribution is 5.93. The summed E-state index contributed by atoms with van der Waals surface area (Å²) in [6, 6.07) is 11.7. The molecule has 1 N–H and O–H groups in total. The standard InChI is InChI=1S/C21H25N3O5/c1-5-17(15-8-6-14(2)7-9-15)22-20(25)13-29-21(26)16-10-11-18(23(3)4)19(12-16)24(27)28/h6-12,17H,5,13H2,1-4H3,(H,22,25)/t17-/m1/s1. The molecule has 1 atom stereocenters. The maximum Gasteiger partial charge on any atom is 0.338 e. The number of esters is 1. The van der Waals surface area contributed by atoms with E-state index < -0.39 is 23.4 Å². The number of rotatable bonds is 8. The molecule has 2 aromatic carbocycles. The molecule has 0 aliphatic rings. The Balaban J connectivity index is 2.00. The van der Waals surface area contributed by atoms with E-state index in [0.717, 1.165) is 17.2 Å². The zero-order valence-corrected chi connectivity index (χ0v) is 17.0. The van der Waals surface area contributed by atoms with Gasteiger partial charge in [-0.15, -0.1) is 0 Å². The number of benzene rings is 2. The number of hydrogen-bond donors (Lipinski definition) is 1. The first-order chi connectivity index (χ1) is 13.7. The van der Waals surface area contributed by atoms with Crippen LogP contribution >= 0.6 is 0 Å². The maximum atomic E-state index is 12.2. The predicted octanol–water partition coefficient (Wildman–Crippen LogP) is 3.39. The second-order valence-electron chi connectivity index (χ2n) is 6.87. The Morgan fingerprint density at radius 1 is 1.17 bits per heavy atom. The van der Waals surface area contributed by atoms with Crippen molar-refractivity contribution < 1.29 is 19.2 Å². The second kappa shape index (κ2) is 9.68. The Hall–Kier alpha value is -3.42. The van der Waals surface area contributed by atoms with Gasteiger partial charge in [0.25, 0.3) is 11.6 Å². The van der Waals surface area contributed by atoms with E-state index in [-0.39, 0.29) is 17.3 Å². The topological polar surface area (TPSA) is 102 Å². The van der Waals surface area contributed by atoms with Gasteiger partial charge in [0.15, 0.2) is 6.61 Å². The van der Waals surface area contributed by atoms with E-state index in [2.05, 4.69) is 5.32 Å². The molecule has 0 heterocycles. The second-order valence-corrected chi connectivity index (χ2v) is 6.87. The molecule has 1 amide bonds. The first-order valence-electron chi connectivity index (χ1n) is 9.21. The van der Waals surface area contributed by atoms with Gasteiger partial charge in [-0.25, -0.2) is 4.79 Å². The number of anilines is 1. The molecule has 0 unspecified atom stereocenters. The highest BCUT2D eigenvalue weighted by Crippen LogP contribution is 2.28. The van der Waals surface area contributed by atoms with Crippen molar-refractivity contribution in [1.82, 2.24) is 5.32 Å². The smallest absolute Gasteiger partial charge is 0.338 e. The van der Waals surface area contributed by atoms with Crippen LogP contribution in [-0.2, 0) is 9.53 Å². The summed E-state index contributed by atoms with van der Waals surface area (Å²) < 4.78 is 5.04. The molecule has 2 aromatic rings. The molecule has 29 heavy (non-hydrogen) atoms. The van der Waals surface area contributed by atoms with E-state index in [1.54, 1.807) is 19.0 Å². The Morgan fingerprint density at radius 2 is 1.83 bits per heavy atom. The highest BCUT2D eigenvalue weighted by Gasteiger charge is 2.20. The fourth-order valence-corrected chi connectivity index (χ4v) is 2.85. The number of nitro groups is 1. The number of aryl methyl sites for hydroxylation is 1. The van der Waals surface area contributed by atoms with Gasteiger partial charge in [0.05, 0.1) is 16.5 Å². The van der Waals surface area contributed by atoms with Gasteiger partial charge < -0.3 is 15.0 Å². The molecule has 8 heteroatoms. The molecular formula is C21H25N3O5. The minimum atomic E-state index is -0.794. The van der Waals surface area contributed by atoms with Crippen molar-refractivity contribution in [2.24, 2.45) is 0 Å². The van der Waals surface area contributed by atoms with Gasteiger partial charge in [0, 0.05) is 20.2 Å². The van der Waals surface area contributed by atoms with Crippen LogP contribution in [0.3, 0.4) is 0 Å². The molecule has 0 radical (unpaired) electrons. The van der Waals surface area contributed by atoms with Crippen LogP contribution in [-0.4, -0.2) is 37.5 Å². The van der Waals surface area contributed by atoms with E-state index >= 15 is 0 Å². The molecule has 0 aromatic heterocycles. The number of carbonyl (C=O) groups excluding carboxylic acids is 2. The van der Waals surface area contributed by atoms with Crippen molar-refractivity contribution in [3.63, 3.8) is 0 Å². The molecule has 2 rings (SSSR count). The van der Waals surface area contributed by atoms with Gasteiger partial charge in [-0.1, -0.05) is 36.8 Å². The van der Waals surface area contributed by atoms with Crippen molar-refractivity contribution in [2.75, 3.05) is 25.6 Å². The summed E-state index contributed by atoms with van der Waals surface area (Å²) in [7, 11) is 3.34. The van der Waals surface area contributed by atoms with Crippen molar-refractivity contribution in [3.8, 4) is 0 Å². The zero-order valence-electron chi connectivity index (χ0n) is 17.0. The van der Waals surface area contributed by atoms with Gasteiger partial charge in [0.1, 0.15) is 5.69 Å². The highest BCUT2D eigenvalue weighted by atomic mass is 16.6. The first-order valence-corrected chi connectivity index (χ1v) is 9.21. The van der Waals surface area contributed by atoms with Gasteiger partial charge in [-0.3, -0.25) is 14.9 Å². The van der Waals surface area contributed by atoms with Crippen LogP contribution in [0.5, 0.6) is 0 Å². The van der Waals surface area contributed by atoms with Gasteiger partial charge in [0.2, 0.25) is 0 Å². The monoisotopic (exact) mass is 399 g/mol. The van der Waals surface area contributed by atoms with E-state index in [1.165, 1.54) is 12.1 Å². The van der Waals surface area contributed by atoms with Crippen LogP contribution in [0, 0.1) is 17.0 Å². The Morgan fingerprint density at radius 3 is 2.38 bits per heavy atom. The van der Waals surface area contributed by atoms with Crippen LogP contribution < -0.4 is 10.2 Å². The first kappa shape index (κ1) is 21.9. The largest absolute Gasteiger partial charge is 0.452 e. The molecular weight excluding hydrogens is 374 g/mol. The third-order valence-electron chi connectivity index (χ3n) is 4.45. The van der Waals surface area contributed by atoms with Gasteiger partial charge in [-0.05, 0) is 31.0 Å². The summed E-state index contributed by atoms with van der Waals surface area (Å²) in [4.78, 5) is 36.7. The molecule has 0 fully saturated rings. The SMILES string of the molecule is CC[C@@H](NC(=O)COC(=O)c1ccc(N(C)C)c([N+](=O)[O-])c1)c1ccc(C)cc1. The molecule has 154 valence electrons. The molecule has 0 aliphatic carbocycles. The van der Waals surface area contributed by atoms with Crippen LogP contribution in [0.1, 0.15) is 40.9 Å². The third kappa shape index (κ3) is 5.78. The number of ether oxygens (including phenoxy) is 1. The fraction of sp³-hybridized carbons (Fsp3) is 0.333. The van der Waals surface area contributed by atoms with Crippen molar-refractivity contribution in [2.45, 2.75) is 26.3 Å². The third-order valence-corrected chi connectivity index (χ3v) is 4.45. The maximum absolute atomic E-state index is 12.2. The quantitative estimate of drug-likeness (QED) is 0.415. The summed E-state index contributed by atoms with van der Waals surface area (Å²) in [5.74, 6) is -1.23. The fourth-order valence-electron chi connectivity index (χ4n) is 2.85.